The van der Waals surface area contributed by atoms with E-state index in [9.17, 15) is 0 Å². The van der Waals surface area contributed by atoms with E-state index in [0.29, 0.717) is 0 Å². The van der Waals surface area contributed by atoms with Crippen molar-refractivity contribution in [2.24, 2.45) is 5.73 Å². The Morgan fingerprint density at radius 3 is 2.44 bits per heavy atom. The molecule has 1 aromatic carbocycles. The van der Waals surface area contributed by atoms with Gasteiger partial charge in [-0.25, -0.2) is 0 Å². The van der Waals surface area contributed by atoms with Crippen LogP contribution in [0.15, 0.2) is 42.7 Å². The Labute approximate surface area is 100 Å². The highest BCUT2D eigenvalue weighted by Gasteiger charge is 2.03. The second-order valence-electron chi connectivity index (χ2n) is 3.80. The Kier molecular flexibility index (Phi) is 3.22. The lowest BCUT2D eigenvalue weighted by Gasteiger charge is -2.07. The summed E-state index contributed by atoms with van der Waals surface area (Å²) in [7, 11) is 0. The standard InChI is InChI=1S/C13H13ClN2/c1-9(15)11-6-12(8-16-7-11)10-2-4-13(14)5-3-10/h2-9H,15H2,1H3. The Hall–Kier alpha value is -1.38. The average molecular weight is 233 g/mol. The molecular weight excluding hydrogens is 220 g/mol. The number of pyridine rings is 1. The predicted molar refractivity (Wildman–Crippen MR) is 67.3 cm³/mol. The number of nitrogens with zero attached hydrogens (tertiary/aromatic N) is 1. The van der Waals surface area contributed by atoms with Gasteiger partial charge >= 0.3 is 0 Å². The van der Waals surface area contributed by atoms with E-state index in [-0.39, 0.29) is 6.04 Å². The van der Waals surface area contributed by atoms with E-state index in [4.69, 9.17) is 17.3 Å². The number of rotatable bonds is 2. The number of halogens is 1. The highest BCUT2D eigenvalue weighted by atomic mass is 35.5. The van der Waals surface area contributed by atoms with Gasteiger partial charge in [0.2, 0.25) is 0 Å². The van der Waals surface area contributed by atoms with E-state index in [1.54, 1.807) is 6.20 Å². The van der Waals surface area contributed by atoms with Crippen molar-refractivity contribution in [1.82, 2.24) is 4.98 Å². The second-order valence-corrected chi connectivity index (χ2v) is 4.24. The average Bonchev–Trinajstić information content (AvgIpc) is 2.30. The zero-order valence-corrected chi connectivity index (χ0v) is 9.78. The Morgan fingerprint density at radius 2 is 1.81 bits per heavy atom. The Bertz CT molecular complexity index is 478. The highest BCUT2D eigenvalue weighted by Crippen LogP contribution is 2.22. The minimum atomic E-state index is -0.000231. The van der Waals surface area contributed by atoms with Crippen molar-refractivity contribution in [2.45, 2.75) is 13.0 Å². The molecule has 1 aromatic heterocycles. The normalized spacial score (nSPS) is 12.4. The van der Waals surface area contributed by atoms with Crippen molar-refractivity contribution in [2.75, 3.05) is 0 Å². The molecule has 0 aliphatic heterocycles. The van der Waals surface area contributed by atoms with Crippen LogP contribution < -0.4 is 5.73 Å². The molecule has 2 aromatic rings. The number of hydrogen-bond donors (Lipinski definition) is 1. The van der Waals surface area contributed by atoms with Gasteiger partial charge in [-0.05, 0) is 36.2 Å². The molecule has 1 unspecified atom stereocenters. The smallest absolute Gasteiger partial charge is 0.0406 e. The Balaban J connectivity index is 2.40. The van der Waals surface area contributed by atoms with Gasteiger partial charge in [-0.2, -0.15) is 0 Å². The van der Waals surface area contributed by atoms with Gasteiger partial charge in [0.1, 0.15) is 0 Å². The molecule has 2 nitrogen and oxygen atoms in total. The summed E-state index contributed by atoms with van der Waals surface area (Å²) in [4.78, 5) is 4.19. The minimum Gasteiger partial charge on any atom is -0.324 e. The van der Waals surface area contributed by atoms with Crippen molar-refractivity contribution >= 4 is 11.6 Å². The molecule has 0 saturated heterocycles. The molecule has 16 heavy (non-hydrogen) atoms. The molecule has 0 radical (unpaired) electrons. The van der Waals surface area contributed by atoms with E-state index < -0.39 is 0 Å². The summed E-state index contributed by atoms with van der Waals surface area (Å²) in [5, 5.41) is 0.736. The van der Waals surface area contributed by atoms with Crippen molar-refractivity contribution in [3.05, 3.63) is 53.3 Å². The van der Waals surface area contributed by atoms with Gasteiger partial charge in [-0.1, -0.05) is 23.7 Å². The van der Waals surface area contributed by atoms with Crippen LogP contribution in [0.4, 0.5) is 0 Å². The van der Waals surface area contributed by atoms with Crippen LogP contribution >= 0.6 is 11.6 Å². The maximum absolute atomic E-state index is 5.85. The van der Waals surface area contributed by atoms with E-state index in [2.05, 4.69) is 11.1 Å². The third-order valence-electron chi connectivity index (χ3n) is 2.46. The van der Waals surface area contributed by atoms with Crippen LogP contribution in [-0.2, 0) is 0 Å². The molecule has 0 aliphatic carbocycles. The largest absolute Gasteiger partial charge is 0.324 e. The number of hydrogen-bond acceptors (Lipinski definition) is 2. The van der Waals surface area contributed by atoms with Gasteiger partial charge in [-0.3, -0.25) is 4.98 Å². The van der Waals surface area contributed by atoms with Crippen LogP contribution in [-0.4, -0.2) is 4.98 Å². The first kappa shape index (κ1) is 11.1. The van der Waals surface area contributed by atoms with Crippen LogP contribution in [0.2, 0.25) is 5.02 Å². The summed E-state index contributed by atoms with van der Waals surface area (Å²) in [5.41, 5.74) is 9.02. The molecule has 0 bridgehead atoms. The van der Waals surface area contributed by atoms with Crippen LogP contribution in [0.5, 0.6) is 0 Å². The second kappa shape index (κ2) is 4.64. The lowest BCUT2D eigenvalue weighted by molar-refractivity contribution is 0.812. The molecule has 0 spiro atoms. The first-order valence-electron chi connectivity index (χ1n) is 5.13. The monoisotopic (exact) mass is 232 g/mol. The fourth-order valence-electron chi connectivity index (χ4n) is 1.51. The molecule has 1 atom stereocenters. The molecule has 0 fully saturated rings. The summed E-state index contributed by atoms with van der Waals surface area (Å²) >= 11 is 5.85. The van der Waals surface area contributed by atoms with Crippen LogP contribution in [0.1, 0.15) is 18.5 Å². The highest BCUT2D eigenvalue weighted by molar-refractivity contribution is 6.30. The van der Waals surface area contributed by atoms with Crippen molar-refractivity contribution in [3.8, 4) is 11.1 Å². The summed E-state index contributed by atoms with van der Waals surface area (Å²) in [6, 6.07) is 9.75. The van der Waals surface area contributed by atoms with Gasteiger partial charge in [0.05, 0.1) is 0 Å². The van der Waals surface area contributed by atoms with Crippen molar-refractivity contribution in [1.29, 1.82) is 0 Å². The van der Waals surface area contributed by atoms with Crippen LogP contribution in [0.3, 0.4) is 0 Å². The van der Waals surface area contributed by atoms with E-state index in [0.717, 1.165) is 21.7 Å². The molecule has 2 N–H and O–H groups in total. The zero-order valence-electron chi connectivity index (χ0n) is 9.02. The summed E-state index contributed by atoms with van der Waals surface area (Å²) in [6.45, 7) is 1.95. The summed E-state index contributed by atoms with van der Waals surface area (Å²) < 4.78 is 0. The molecule has 3 heteroatoms. The summed E-state index contributed by atoms with van der Waals surface area (Å²) in [5.74, 6) is 0. The number of nitrogens with two attached hydrogens (primary N) is 1. The van der Waals surface area contributed by atoms with Crippen LogP contribution in [0.25, 0.3) is 11.1 Å². The van der Waals surface area contributed by atoms with Gasteiger partial charge in [0, 0.05) is 29.0 Å². The number of benzene rings is 1. The fraction of sp³-hybridized carbons (Fsp3) is 0.154. The van der Waals surface area contributed by atoms with E-state index >= 15 is 0 Å². The van der Waals surface area contributed by atoms with Crippen molar-refractivity contribution in [3.63, 3.8) is 0 Å². The predicted octanol–water partition coefficient (Wildman–Crippen LogP) is 3.42. The van der Waals surface area contributed by atoms with Crippen LogP contribution in [0, 0.1) is 0 Å². The minimum absolute atomic E-state index is 0.000231. The topological polar surface area (TPSA) is 38.9 Å². The first-order chi connectivity index (χ1) is 7.66. The maximum Gasteiger partial charge on any atom is 0.0406 e. The first-order valence-corrected chi connectivity index (χ1v) is 5.51. The molecular formula is C13H13ClN2. The molecule has 1 heterocycles. The molecule has 0 saturated carbocycles. The summed E-state index contributed by atoms with van der Waals surface area (Å²) in [6.07, 6.45) is 3.62. The maximum atomic E-state index is 5.85. The van der Waals surface area contributed by atoms with E-state index in [1.807, 2.05) is 37.4 Å². The van der Waals surface area contributed by atoms with Crippen molar-refractivity contribution < 1.29 is 0 Å². The molecule has 2 rings (SSSR count). The lowest BCUT2D eigenvalue weighted by atomic mass is 10.0. The fourth-order valence-corrected chi connectivity index (χ4v) is 1.63. The van der Waals surface area contributed by atoms with Gasteiger partial charge < -0.3 is 5.73 Å². The van der Waals surface area contributed by atoms with Gasteiger partial charge in [0.15, 0.2) is 0 Å². The third kappa shape index (κ3) is 2.40. The quantitative estimate of drug-likeness (QED) is 0.862. The van der Waals surface area contributed by atoms with E-state index in [1.165, 1.54) is 0 Å². The number of aromatic nitrogens is 1. The lowest BCUT2D eigenvalue weighted by Crippen LogP contribution is -2.05. The molecule has 82 valence electrons. The molecule has 0 aliphatic rings. The SMILES string of the molecule is CC(N)c1cncc(-c2ccc(Cl)cc2)c1. The Morgan fingerprint density at radius 1 is 1.12 bits per heavy atom. The van der Waals surface area contributed by atoms with Gasteiger partial charge in [0.25, 0.3) is 0 Å². The third-order valence-corrected chi connectivity index (χ3v) is 2.71. The van der Waals surface area contributed by atoms with Gasteiger partial charge in [-0.15, -0.1) is 0 Å². The molecule has 0 amide bonds. The zero-order chi connectivity index (χ0) is 11.5.